The van der Waals surface area contributed by atoms with Crippen molar-refractivity contribution in [1.29, 1.82) is 0 Å². The standard InChI is InChI=1S/C38H34O/c1-29-21-25-37(26-22-29,35-19-11-9-17-33(35)31-13-5-3-6-14-31)39-38(27-23-30(2)24-28-38)36-20-12-10-18-34(36)32-15-7-4-8-16-32/h3-25,27H,26,28H2,1-2H3. The summed E-state index contributed by atoms with van der Waals surface area (Å²) in [6, 6.07) is 38.8. The Balaban J connectivity index is 1.55. The van der Waals surface area contributed by atoms with E-state index in [-0.39, 0.29) is 0 Å². The van der Waals surface area contributed by atoms with Crippen molar-refractivity contribution in [2.75, 3.05) is 0 Å². The molecule has 0 saturated heterocycles. The van der Waals surface area contributed by atoms with Crippen molar-refractivity contribution in [3.05, 3.63) is 168 Å². The van der Waals surface area contributed by atoms with Gasteiger partial charge >= 0.3 is 0 Å². The molecule has 4 aromatic rings. The fourth-order valence-corrected chi connectivity index (χ4v) is 5.86. The van der Waals surface area contributed by atoms with Crippen LogP contribution in [-0.4, -0.2) is 0 Å². The molecule has 4 aromatic carbocycles. The van der Waals surface area contributed by atoms with Crippen LogP contribution in [0.1, 0.15) is 37.8 Å². The molecule has 192 valence electrons. The number of hydrogen-bond acceptors (Lipinski definition) is 1. The van der Waals surface area contributed by atoms with Crippen molar-refractivity contribution >= 4 is 0 Å². The van der Waals surface area contributed by atoms with Gasteiger partial charge in [0, 0.05) is 12.8 Å². The minimum Gasteiger partial charge on any atom is -0.350 e. The largest absolute Gasteiger partial charge is 0.350 e. The van der Waals surface area contributed by atoms with Crippen LogP contribution in [0.4, 0.5) is 0 Å². The van der Waals surface area contributed by atoms with Crippen LogP contribution in [0.25, 0.3) is 22.3 Å². The zero-order chi connectivity index (χ0) is 26.7. The predicted molar refractivity (Wildman–Crippen MR) is 163 cm³/mol. The van der Waals surface area contributed by atoms with Gasteiger partial charge in [0.1, 0.15) is 11.2 Å². The highest BCUT2D eigenvalue weighted by Gasteiger charge is 2.44. The lowest BCUT2D eigenvalue weighted by molar-refractivity contribution is -0.116. The summed E-state index contributed by atoms with van der Waals surface area (Å²) in [5.74, 6) is 0. The van der Waals surface area contributed by atoms with E-state index < -0.39 is 11.2 Å². The molecule has 0 aliphatic heterocycles. The van der Waals surface area contributed by atoms with E-state index in [0.29, 0.717) is 0 Å². The summed E-state index contributed by atoms with van der Waals surface area (Å²) in [6.45, 7) is 4.33. The van der Waals surface area contributed by atoms with Crippen LogP contribution in [0.2, 0.25) is 0 Å². The number of ether oxygens (including phenoxy) is 1. The van der Waals surface area contributed by atoms with Gasteiger partial charge in [0.25, 0.3) is 0 Å². The highest BCUT2D eigenvalue weighted by Crippen LogP contribution is 2.50. The van der Waals surface area contributed by atoms with E-state index in [9.17, 15) is 0 Å². The predicted octanol–water partition coefficient (Wildman–Crippen LogP) is 9.94. The molecule has 0 spiro atoms. The first-order valence-corrected chi connectivity index (χ1v) is 13.8. The lowest BCUT2D eigenvalue weighted by Crippen LogP contribution is -2.40. The monoisotopic (exact) mass is 506 g/mol. The van der Waals surface area contributed by atoms with Crippen molar-refractivity contribution < 1.29 is 4.74 Å². The zero-order valence-electron chi connectivity index (χ0n) is 22.7. The second-order valence-corrected chi connectivity index (χ2v) is 10.7. The summed E-state index contributed by atoms with van der Waals surface area (Å²) in [5.41, 5.74) is 8.43. The molecular formula is C38H34O. The Hall–Kier alpha value is -4.20. The van der Waals surface area contributed by atoms with Crippen LogP contribution in [0, 0.1) is 0 Å². The molecule has 2 aliphatic carbocycles. The quantitative estimate of drug-likeness (QED) is 0.253. The molecule has 0 fully saturated rings. The van der Waals surface area contributed by atoms with E-state index in [2.05, 4.69) is 159 Å². The molecule has 1 heteroatoms. The van der Waals surface area contributed by atoms with Gasteiger partial charge in [-0.15, -0.1) is 0 Å². The Kier molecular flexibility index (Phi) is 6.77. The Labute approximate surface area is 232 Å². The molecule has 0 heterocycles. The molecule has 0 saturated carbocycles. The number of hydrogen-bond donors (Lipinski definition) is 0. The molecule has 1 nitrogen and oxygen atoms in total. The molecule has 39 heavy (non-hydrogen) atoms. The van der Waals surface area contributed by atoms with Crippen LogP contribution < -0.4 is 0 Å². The van der Waals surface area contributed by atoms with Gasteiger partial charge in [-0.25, -0.2) is 0 Å². The summed E-state index contributed by atoms with van der Waals surface area (Å²) < 4.78 is 7.64. The smallest absolute Gasteiger partial charge is 0.117 e. The van der Waals surface area contributed by atoms with E-state index in [1.807, 2.05) is 0 Å². The van der Waals surface area contributed by atoms with Crippen LogP contribution in [0.3, 0.4) is 0 Å². The SMILES string of the molecule is CC1=CCC(OC2(c3ccccc3-c3ccccc3)C=CC(C)=CC2)(c2ccccc2-c2ccccc2)C=C1. The minimum atomic E-state index is -0.640. The van der Waals surface area contributed by atoms with E-state index in [1.165, 1.54) is 44.5 Å². The van der Waals surface area contributed by atoms with Crippen molar-refractivity contribution in [3.8, 4) is 22.3 Å². The van der Waals surface area contributed by atoms with Crippen LogP contribution >= 0.6 is 0 Å². The average Bonchev–Trinajstić information content (AvgIpc) is 3.01. The second-order valence-electron chi connectivity index (χ2n) is 10.7. The fraction of sp³-hybridized carbons (Fsp3) is 0.158. The lowest BCUT2D eigenvalue weighted by Gasteiger charge is -2.45. The van der Waals surface area contributed by atoms with E-state index >= 15 is 0 Å². The normalized spacial score (nSPS) is 22.3. The van der Waals surface area contributed by atoms with Gasteiger partial charge in [-0.2, -0.15) is 0 Å². The maximum atomic E-state index is 7.64. The second kappa shape index (κ2) is 10.5. The van der Waals surface area contributed by atoms with Gasteiger partial charge < -0.3 is 4.74 Å². The van der Waals surface area contributed by atoms with Gasteiger partial charge in [-0.05, 0) is 59.4 Å². The molecule has 0 bridgehead atoms. The molecule has 6 rings (SSSR count). The molecule has 0 N–H and O–H groups in total. The number of allylic oxidation sites excluding steroid dienone is 4. The zero-order valence-corrected chi connectivity index (χ0v) is 22.7. The van der Waals surface area contributed by atoms with Gasteiger partial charge in [0.15, 0.2) is 0 Å². The van der Waals surface area contributed by atoms with Crippen LogP contribution in [0.15, 0.2) is 157 Å². The highest BCUT2D eigenvalue weighted by atomic mass is 16.5. The summed E-state index contributed by atoms with van der Waals surface area (Å²) in [4.78, 5) is 0. The Morgan fingerprint density at radius 1 is 0.487 bits per heavy atom. The average molecular weight is 507 g/mol. The van der Waals surface area contributed by atoms with Crippen molar-refractivity contribution in [3.63, 3.8) is 0 Å². The van der Waals surface area contributed by atoms with E-state index in [1.54, 1.807) is 0 Å². The third kappa shape index (κ3) is 4.87. The topological polar surface area (TPSA) is 9.23 Å². The van der Waals surface area contributed by atoms with Gasteiger partial charge in [0.05, 0.1) is 0 Å². The van der Waals surface area contributed by atoms with E-state index in [0.717, 1.165) is 12.8 Å². The summed E-state index contributed by atoms with van der Waals surface area (Å²) in [6.07, 6.45) is 15.2. The first kappa shape index (κ1) is 25.1. The van der Waals surface area contributed by atoms with Crippen LogP contribution in [0.5, 0.6) is 0 Å². The fourth-order valence-electron chi connectivity index (χ4n) is 5.86. The molecular weight excluding hydrogens is 472 g/mol. The Morgan fingerprint density at radius 2 is 0.872 bits per heavy atom. The van der Waals surface area contributed by atoms with Crippen molar-refractivity contribution in [1.82, 2.24) is 0 Å². The molecule has 0 amide bonds. The third-order valence-electron chi connectivity index (χ3n) is 7.99. The maximum Gasteiger partial charge on any atom is 0.117 e. The minimum absolute atomic E-state index is 0.640. The molecule has 0 aromatic heterocycles. The number of rotatable bonds is 6. The van der Waals surface area contributed by atoms with Crippen molar-refractivity contribution in [2.24, 2.45) is 0 Å². The van der Waals surface area contributed by atoms with Crippen LogP contribution in [-0.2, 0) is 15.9 Å². The summed E-state index contributed by atoms with van der Waals surface area (Å²) in [7, 11) is 0. The molecule has 2 atom stereocenters. The molecule has 2 unspecified atom stereocenters. The lowest BCUT2D eigenvalue weighted by atomic mass is 9.77. The van der Waals surface area contributed by atoms with Crippen molar-refractivity contribution in [2.45, 2.75) is 37.9 Å². The van der Waals surface area contributed by atoms with E-state index in [4.69, 9.17) is 4.74 Å². The van der Waals surface area contributed by atoms with Gasteiger partial charge in [-0.1, -0.05) is 145 Å². The first-order chi connectivity index (χ1) is 19.1. The Morgan fingerprint density at radius 3 is 1.26 bits per heavy atom. The Bertz CT molecular complexity index is 1470. The first-order valence-electron chi connectivity index (χ1n) is 13.8. The molecule has 0 radical (unpaired) electrons. The molecule has 2 aliphatic rings. The maximum absolute atomic E-state index is 7.64. The van der Waals surface area contributed by atoms with Gasteiger partial charge in [-0.3, -0.25) is 0 Å². The van der Waals surface area contributed by atoms with Gasteiger partial charge in [0.2, 0.25) is 0 Å². The summed E-state index contributed by atoms with van der Waals surface area (Å²) >= 11 is 0. The highest BCUT2D eigenvalue weighted by molar-refractivity contribution is 5.71. The summed E-state index contributed by atoms with van der Waals surface area (Å²) in [5, 5.41) is 0. The third-order valence-corrected chi connectivity index (χ3v) is 7.99. The number of benzene rings is 4.